The summed E-state index contributed by atoms with van der Waals surface area (Å²) in [4.78, 5) is 17.9. The number of hydrogen-bond acceptors (Lipinski definition) is 5. The third-order valence-corrected chi connectivity index (χ3v) is 6.76. The highest BCUT2D eigenvalue weighted by Crippen LogP contribution is 2.46. The van der Waals surface area contributed by atoms with Gasteiger partial charge in [-0.1, -0.05) is 75.2 Å². The molecule has 5 nitrogen and oxygen atoms in total. The fourth-order valence-corrected chi connectivity index (χ4v) is 5.22. The number of carbonyl (C=O) groups is 1. The number of hydrogen-bond donors (Lipinski definition) is 1. The second-order valence-corrected chi connectivity index (χ2v) is 10.1. The first kappa shape index (κ1) is 20.5. The number of Topliss-reactive ketones (excluding diaryl/α,β-unsaturated/α-hetero) is 1. The van der Waals surface area contributed by atoms with Crippen molar-refractivity contribution in [3.8, 4) is 0 Å². The molecule has 0 amide bonds. The molecule has 0 fully saturated rings. The molecule has 29 heavy (non-hydrogen) atoms. The minimum atomic E-state index is -0.337. The molecule has 0 saturated heterocycles. The van der Waals surface area contributed by atoms with E-state index < -0.39 is 0 Å². The summed E-state index contributed by atoms with van der Waals surface area (Å²) in [5.41, 5.74) is 2.55. The van der Waals surface area contributed by atoms with Crippen LogP contribution in [0, 0.1) is 5.41 Å². The van der Waals surface area contributed by atoms with Crippen LogP contribution in [0.5, 0.6) is 0 Å². The minimum Gasteiger partial charge on any atom is -0.328 e. The van der Waals surface area contributed by atoms with Crippen LogP contribution in [0.3, 0.4) is 0 Å². The Kier molecular flexibility index (Phi) is 5.76. The van der Waals surface area contributed by atoms with Gasteiger partial charge in [-0.05, 0) is 24.3 Å². The number of carbonyl (C=O) groups excluding carboxylic acids is 1. The topological polar surface area (TPSA) is 59.8 Å². The van der Waals surface area contributed by atoms with Crippen molar-refractivity contribution in [2.45, 2.75) is 64.1 Å². The number of halogens is 1. The fourth-order valence-electron chi connectivity index (χ4n) is 4.15. The molecule has 4 rings (SSSR count). The van der Waals surface area contributed by atoms with Gasteiger partial charge in [0.25, 0.3) is 0 Å². The number of nitrogens with one attached hydrogen (secondary N) is 1. The summed E-state index contributed by atoms with van der Waals surface area (Å²) in [5.74, 6) is 1.84. The largest absolute Gasteiger partial charge is 0.328 e. The van der Waals surface area contributed by atoms with Crippen molar-refractivity contribution in [1.82, 2.24) is 14.8 Å². The molecular weight excluding hydrogens is 404 g/mol. The highest BCUT2D eigenvalue weighted by molar-refractivity contribution is 7.99. The number of thioether (sulfide) groups is 1. The summed E-state index contributed by atoms with van der Waals surface area (Å²) in [5, 5.41) is 9.57. The fraction of sp³-hybridized carbons (Fsp3) is 0.500. The number of nitrogens with zero attached hydrogens (tertiary/aromatic N) is 3. The van der Waals surface area contributed by atoms with Crippen LogP contribution in [0.1, 0.15) is 64.5 Å². The average molecular weight is 431 g/mol. The second kappa shape index (κ2) is 8.15. The maximum atomic E-state index is 13.2. The molecule has 0 saturated carbocycles. The van der Waals surface area contributed by atoms with Crippen molar-refractivity contribution in [3.63, 3.8) is 0 Å². The molecule has 1 atom stereocenters. The Morgan fingerprint density at radius 3 is 2.83 bits per heavy atom. The molecule has 1 aromatic heterocycles. The Morgan fingerprint density at radius 2 is 2.07 bits per heavy atom. The first-order valence-electron chi connectivity index (χ1n) is 10.3. The van der Waals surface area contributed by atoms with Crippen molar-refractivity contribution >= 4 is 35.1 Å². The molecule has 1 aliphatic heterocycles. The normalized spacial score (nSPS) is 20.3. The van der Waals surface area contributed by atoms with E-state index in [1.54, 1.807) is 11.8 Å². The molecule has 0 bridgehead atoms. The molecule has 1 N–H and O–H groups in total. The number of fused-ring (bicyclic) bond motifs is 1. The number of ketones is 1. The molecule has 0 unspecified atom stereocenters. The quantitative estimate of drug-likeness (QED) is 0.458. The van der Waals surface area contributed by atoms with Crippen LogP contribution < -0.4 is 5.32 Å². The molecule has 0 spiro atoms. The second-order valence-electron chi connectivity index (χ2n) is 8.60. The summed E-state index contributed by atoms with van der Waals surface area (Å²) in [7, 11) is 0. The van der Waals surface area contributed by atoms with E-state index in [1.807, 2.05) is 28.9 Å². The Bertz CT molecular complexity index is 965. The summed E-state index contributed by atoms with van der Waals surface area (Å²) in [6.45, 7) is 6.47. The SMILES string of the molecule is CCCCCSc1nc2n(n1)[C@H](c1ccccc1Cl)C1=C(CC(C)(C)CC1=O)N2. The van der Waals surface area contributed by atoms with Gasteiger partial charge in [0.05, 0.1) is 0 Å². The third kappa shape index (κ3) is 4.10. The van der Waals surface area contributed by atoms with Gasteiger partial charge in [0.2, 0.25) is 11.1 Å². The minimum absolute atomic E-state index is 0.0755. The average Bonchev–Trinajstić information content (AvgIpc) is 3.05. The molecule has 154 valence electrons. The zero-order valence-corrected chi connectivity index (χ0v) is 18.7. The molecule has 1 aliphatic carbocycles. The zero-order chi connectivity index (χ0) is 20.6. The van der Waals surface area contributed by atoms with E-state index in [9.17, 15) is 4.79 Å². The van der Waals surface area contributed by atoms with Crippen LogP contribution in [0.15, 0.2) is 40.7 Å². The predicted octanol–water partition coefficient (Wildman–Crippen LogP) is 5.87. The molecule has 1 aromatic carbocycles. The van der Waals surface area contributed by atoms with Gasteiger partial charge < -0.3 is 5.32 Å². The molecule has 2 aromatic rings. The van der Waals surface area contributed by atoms with Crippen molar-refractivity contribution < 1.29 is 4.79 Å². The number of aromatic nitrogens is 3. The summed E-state index contributed by atoms with van der Waals surface area (Å²) < 4.78 is 1.85. The van der Waals surface area contributed by atoms with E-state index in [-0.39, 0.29) is 17.2 Å². The predicted molar refractivity (Wildman–Crippen MR) is 119 cm³/mol. The van der Waals surface area contributed by atoms with Crippen LogP contribution in [0.2, 0.25) is 5.02 Å². The summed E-state index contributed by atoms with van der Waals surface area (Å²) in [6.07, 6.45) is 4.88. The lowest BCUT2D eigenvalue weighted by atomic mass is 9.73. The van der Waals surface area contributed by atoms with Gasteiger partial charge in [0.15, 0.2) is 5.78 Å². The van der Waals surface area contributed by atoms with Crippen LogP contribution >= 0.6 is 23.4 Å². The van der Waals surface area contributed by atoms with Crippen molar-refractivity contribution in [2.24, 2.45) is 5.41 Å². The van der Waals surface area contributed by atoms with Gasteiger partial charge >= 0.3 is 0 Å². The Labute approximate surface area is 181 Å². The van der Waals surface area contributed by atoms with E-state index in [0.29, 0.717) is 17.4 Å². The van der Waals surface area contributed by atoms with E-state index >= 15 is 0 Å². The first-order chi connectivity index (χ1) is 13.9. The van der Waals surface area contributed by atoms with E-state index in [0.717, 1.165) is 40.6 Å². The van der Waals surface area contributed by atoms with Gasteiger partial charge in [-0.25, -0.2) is 4.68 Å². The summed E-state index contributed by atoms with van der Waals surface area (Å²) in [6, 6.07) is 7.38. The van der Waals surface area contributed by atoms with Crippen molar-refractivity contribution in [2.75, 3.05) is 11.1 Å². The van der Waals surface area contributed by atoms with Crippen LogP contribution in [-0.4, -0.2) is 26.3 Å². The van der Waals surface area contributed by atoms with Crippen LogP contribution in [0.4, 0.5) is 5.95 Å². The first-order valence-corrected chi connectivity index (χ1v) is 11.6. The Hall–Kier alpha value is -1.79. The third-order valence-electron chi connectivity index (χ3n) is 5.49. The molecule has 0 radical (unpaired) electrons. The van der Waals surface area contributed by atoms with Crippen molar-refractivity contribution in [3.05, 3.63) is 46.1 Å². The lowest BCUT2D eigenvalue weighted by Crippen LogP contribution is -2.36. The van der Waals surface area contributed by atoms with E-state index in [1.165, 1.54) is 12.8 Å². The number of allylic oxidation sites excluding steroid dienone is 2. The zero-order valence-electron chi connectivity index (χ0n) is 17.2. The van der Waals surface area contributed by atoms with Crippen LogP contribution in [-0.2, 0) is 4.79 Å². The molecular formula is C22H27ClN4OS. The van der Waals surface area contributed by atoms with Gasteiger partial charge in [0, 0.05) is 34.0 Å². The van der Waals surface area contributed by atoms with Crippen molar-refractivity contribution in [1.29, 1.82) is 0 Å². The number of rotatable bonds is 6. The van der Waals surface area contributed by atoms with Gasteiger partial charge in [-0.15, -0.1) is 5.10 Å². The maximum absolute atomic E-state index is 13.2. The number of anilines is 1. The number of benzene rings is 1. The standard InChI is InChI=1S/C22H27ClN4OS/c1-4-5-8-11-29-21-25-20-24-16-12-22(2,3)13-17(28)18(16)19(27(20)26-21)14-9-6-7-10-15(14)23/h6-7,9-10,19H,4-5,8,11-13H2,1-3H3,(H,24,25,26)/t19-/m1/s1. The molecule has 2 aliphatic rings. The van der Waals surface area contributed by atoms with E-state index in [4.69, 9.17) is 21.7 Å². The highest BCUT2D eigenvalue weighted by Gasteiger charge is 2.42. The number of unbranched alkanes of at least 4 members (excludes halogenated alkanes) is 2. The molecule has 2 heterocycles. The van der Waals surface area contributed by atoms with Gasteiger partial charge in [0.1, 0.15) is 6.04 Å². The molecule has 7 heteroatoms. The smallest absolute Gasteiger partial charge is 0.227 e. The monoisotopic (exact) mass is 430 g/mol. The lowest BCUT2D eigenvalue weighted by Gasteiger charge is -2.38. The summed E-state index contributed by atoms with van der Waals surface area (Å²) >= 11 is 8.23. The van der Waals surface area contributed by atoms with Gasteiger partial charge in [-0.2, -0.15) is 4.98 Å². The van der Waals surface area contributed by atoms with E-state index in [2.05, 4.69) is 26.1 Å². The van der Waals surface area contributed by atoms with Gasteiger partial charge in [-0.3, -0.25) is 4.79 Å². The Morgan fingerprint density at radius 1 is 1.28 bits per heavy atom. The maximum Gasteiger partial charge on any atom is 0.227 e. The highest BCUT2D eigenvalue weighted by atomic mass is 35.5. The van der Waals surface area contributed by atoms with Crippen LogP contribution in [0.25, 0.3) is 0 Å². The Balaban J connectivity index is 1.75. The lowest BCUT2D eigenvalue weighted by molar-refractivity contribution is -0.118.